The van der Waals surface area contributed by atoms with E-state index < -0.39 is 0 Å². The van der Waals surface area contributed by atoms with Crippen molar-refractivity contribution < 1.29 is 4.42 Å². The molecule has 12 heavy (non-hydrogen) atoms. The van der Waals surface area contributed by atoms with Crippen LogP contribution in [0.1, 0.15) is 25.5 Å². The summed E-state index contributed by atoms with van der Waals surface area (Å²) in [6, 6.07) is 1.99. The van der Waals surface area contributed by atoms with Crippen LogP contribution in [0.5, 0.6) is 0 Å². The number of hydrogen-bond donors (Lipinski definition) is 0. The van der Waals surface area contributed by atoms with Crippen molar-refractivity contribution in [2.75, 3.05) is 0 Å². The lowest BCUT2D eigenvalue weighted by Crippen LogP contribution is -1.79. The van der Waals surface area contributed by atoms with Gasteiger partial charge in [0.15, 0.2) is 0 Å². The van der Waals surface area contributed by atoms with Gasteiger partial charge in [-0.25, -0.2) is 9.97 Å². The van der Waals surface area contributed by atoms with Crippen LogP contribution >= 0.6 is 0 Å². The molecular formula is C9H10N2O. The highest BCUT2D eigenvalue weighted by molar-refractivity contribution is 5.72. The summed E-state index contributed by atoms with van der Waals surface area (Å²) in [6.45, 7) is 4.18. The number of fused-ring (bicyclic) bond motifs is 1. The summed E-state index contributed by atoms with van der Waals surface area (Å²) in [4.78, 5) is 7.92. The van der Waals surface area contributed by atoms with Crippen molar-refractivity contribution in [3.63, 3.8) is 0 Å². The Kier molecular flexibility index (Phi) is 1.57. The summed E-state index contributed by atoms with van der Waals surface area (Å²) < 4.78 is 5.48. The molecule has 0 fully saturated rings. The van der Waals surface area contributed by atoms with Crippen LogP contribution in [0, 0.1) is 0 Å². The summed E-state index contributed by atoms with van der Waals surface area (Å²) in [6.07, 6.45) is 3.26. The van der Waals surface area contributed by atoms with Gasteiger partial charge in [0.1, 0.15) is 12.1 Å². The summed E-state index contributed by atoms with van der Waals surface area (Å²) in [5.74, 6) is 1.37. The fourth-order valence-electron chi connectivity index (χ4n) is 1.09. The molecule has 0 unspecified atom stereocenters. The van der Waals surface area contributed by atoms with Gasteiger partial charge in [-0.05, 0) is 6.07 Å². The Morgan fingerprint density at radius 3 is 2.92 bits per heavy atom. The smallest absolute Gasteiger partial charge is 0.229 e. The first-order valence-electron chi connectivity index (χ1n) is 3.97. The first-order valence-corrected chi connectivity index (χ1v) is 3.97. The molecule has 0 saturated carbocycles. The van der Waals surface area contributed by atoms with E-state index in [1.54, 1.807) is 6.20 Å². The maximum atomic E-state index is 5.48. The zero-order valence-electron chi connectivity index (χ0n) is 7.11. The van der Waals surface area contributed by atoms with Crippen LogP contribution < -0.4 is 0 Å². The molecule has 0 radical (unpaired) electrons. The molecule has 0 bridgehead atoms. The normalized spacial score (nSPS) is 11.2. The molecule has 0 amide bonds. The molecule has 0 aliphatic heterocycles. The van der Waals surface area contributed by atoms with E-state index in [4.69, 9.17) is 4.42 Å². The van der Waals surface area contributed by atoms with E-state index in [0.29, 0.717) is 11.6 Å². The van der Waals surface area contributed by atoms with Gasteiger partial charge in [0.05, 0.1) is 5.39 Å². The third-order valence-corrected chi connectivity index (χ3v) is 1.78. The molecule has 0 aromatic carbocycles. The van der Waals surface area contributed by atoms with Crippen molar-refractivity contribution in [2.45, 2.75) is 19.8 Å². The van der Waals surface area contributed by atoms with Gasteiger partial charge in [-0.1, -0.05) is 13.8 Å². The number of aromatic nitrogens is 2. The molecule has 2 aromatic rings. The number of rotatable bonds is 1. The molecule has 2 rings (SSSR count). The SMILES string of the molecule is CC(C)c1cc2cncnc2o1. The van der Waals surface area contributed by atoms with E-state index in [9.17, 15) is 0 Å². The molecule has 62 valence electrons. The largest absolute Gasteiger partial charge is 0.442 e. The topological polar surface area (TPSA) is 38.9 Å². The van der Waals surface area contributed by atoms with Crippen LogP contribution in [0.3, 0.4) is 0 Å². The zero-order chi connectivity index (χ0) is 8.55. The first-order chi connectivity index (χ1) is 5.77. The van der Waals surface area contributed by atoms with E-state index in [-0.39, 0.29) is 0 Å². The Balaban J connectivity index is 2.62. The molecule has 3 nitrogen and oxygen atoms in total. The van der Waals surface area contributed by atoms with Crippen molar-refractivity contribution in [3.05, 3.63) is 24.4 Å². The highest BCUT2D eigenvalue weighted by Crippen LogP contribution is 2.21. The van der Waals surface area contributed by atoms with E-state index >= 15 is 0 Å². The first kappa shape index (κ1) is 7.28. The third kappa shape index (κ3) is 1.07. The predicted molar refractivity (Wildman–Crippen MR) is 45.9 cm³/mol. The van der Waals surface area contributed by atoms with Crippen LogP contribution in [0.4, 0.5) is 0 Å². The summed E-state index contributed by atoms with van der Waals surface area (Å²) >= 11 is 0. The van der Waals surface area contributed by atoms with Crippen LogP contribution in [-0.2, 0) is 0 Å². The monoisotopic (exact) mass is 162 g/mol. The third-order valence-electron chi connectivity index (χ3n) is 1.78. The Labute approximate surface area is 70.4 Å². The van der Waals surface area contributed by atoms with E-state index in [1.807, 2.05) is 6.07 Å². The van der Waals surface area contributed by atoms with Crippen molar-refractivity contribution >= 4 is 11.1 Å². The van der Waals surface area contributed by atoms with E-state index in [0.717, 1.165) is 11.1 Å². The maximum Gasteiger partial charge on any atom is 0.229 e. The van der Waals surface area contributed by atoms with E-state index in [2.05, 4.69) is 23.8 Å². The fourth-order valence-corrected chi connectivity index (χ4v) is 1.09. The molecule has 2 heterocycles. The van der Waals surface area contributed by atoms with Crippen molar-refractivity contribution in [3.8, 4) is 0 Å². The second-order valence-corrected chi connectivity index (χ2v) is 3.09. The number of nitrogens with zero attached hydrogens (tertiary/aromatic N) is 2. The Bertz CT molecular complexity index is 359. The lowest BCUT2D eigenvalue weighted by atomic mass is 10.1. The van der Waals surface area contributed by atoms with Crippen LogP contribution in [-0.4, -0.2) is 9.97 Å². The molecule has 0 aliphatic rings. The minimum Gasteiger partial charge on any atom is -0.442 e. The molecule has 0 N–H and O–H groups in total. The molecular weight excluding hydrogens is 152 g/mol. The Morgan fingerprint density at radius 2 is 2.25 bits per heavy atom. The number of hydrogen-bond acceptors (Lipinski definition) is 3. The average molecular weight is 162 g/mol. The average Bonchev–Trinajstić information content (AvgIpc) is 2.46. The molecule has 0 aliphatic carbocycles. The Morgan fingerprint density at radius 1 is 1.42 bits per heavy atom. The fraction of sp³-hybridized carbons (Fsp3) is 0.333. The second kappa shape index (κ2) is 2.59. The van der Waals surface area contributed by atoms with Gasteiger partial charge in [-0.3, -0.25) is 0 Å². The van der Waals surface area contributed by atoms with Gasteiger partial charge in [-0.2, -0.15) is 0 Å². The minimum atomic E-state index is 0.402. The molecule has 3 heteroatoms. The van der Waals surface area contributed by atoms with Gasteiger partial charge in [0.25, 0.3) is 0 Å². The minimum absolute atomic E-state index is 0.402. The summed E-state index contributed by atoms with van der Waals surface area (Å²) in [5.41, 5.74) is 0.675. The second-order valence-electron chi connectivity index (χ2n) is 3.09. The molecule has 2 aromatic heterocycles. The standard InChI is InChI=1S/C9H10N2O/c1-6(2)8-3-7-4-10-5-11-9(7)12-8/h3-6H,1-2H3. The van der Waals surface area contributed by atoms with Crippen molar-refractivity contribution in [2.24, 2.45) is 0 Å². The predicted octanol–water partition coefficient (Wildman–Crippen LogP) is 2.35. The van der Waals surface area contributed by atoms with Crippen molar-refractivity contribution in [1.29, 1.82) is 0 Å². The van der Waals surface area contributed by atoms with Gasteiger partial charge in [0.2, 0.25) is 5.71 Å². The van der Waals surface area contributed by atoms with Crippen LogP contribution in [0.2, 0.25) is 0 Å². The van der Waals surface area contributed by atoms with Crippen molar-refractivity contribution in [1.82, 2.24) is 9.97 Å². The lowest BCUT2D eigenvalue weighted by molar-refractivity contribution is 0.513. The highest BCUT2D eigenvalue weighted by atomic mass is 16.3. The van der Waals surface area contributed by atoms with Gasteiger partial charge in [0, 0.05) is 12.1 Å². The van der Waals surface area contributed by atoms with Gasteiger partial charge >= 0.3 is 0 Å². The quantitative estimate of drug-likeness (QED) is 0.646. The molecule has 0 spiro atoms. The molecule has 0 atom stereocenters. The summed E-state index contributed by atoms with van der Waals surface area (Å²) in [7, 11) is 0. The molecule has 0 saturated heterocycles. The van der Waals surface area contributed by atoms with Crippen LogP contribution in [0.15, 0.2) is 23.0 Å². The van der Waals surface area contributed by atoms with Crippen LogP contribution in [0.25, 0.3) is 11.1 Å². The van der Waals surface area contributed by atoms with Gasteiger partial charge < -0.3 is 4.42 Å². The lowest BCUT2D eigenvalue weighted by Gasteiger charge is -1.95. The maximum absolute atomic E-state index is 5.48. The summed E-state index contributed by atoms with van der Waals surface area (Å²) in [5, 5.41) is 0.973. The number of furan rings is 1. The highest BCUT2D eigenvalue weighted by Gasteiger charge is 2.06. The Hall–Kier alpha value is -1.38. The van der Waals surface area contributed by atoms with E-state index in [1.165, 1.54) is 6.33 Å². The zero-order valence-corrected chi connectivity index (χ0v) is 7.11. The van der Waals surface area contributed by atoms with Gasteiger partial charge in [-0.15, -0.1) is 0 Å².